The van der Waals surface area contributed by atoms with Crippen LogP contribution in [0.15, 0.2) is 53.4 Å². The fourth-order valence-corrected chi connectivity index (χ4v) is 3.66. The fourth-order valence-electron chi connectivity index (χ4n) is 2.31. The van der Waals surface area contributed by atoms with Gasteiger partial charge in [-0.1, -0.05) is 30.3 Å². The predicted molar refractivity (Wildman–Crippen MR) is 87.0 cm³/mol. The summed E-state index contributed by atoms with van der Waals surface area (Å²) in [7, 11) is -3.78. The zero-order valence-electron chi connectivity index (χ0n) is 12.9. The van der Waals surface area contributed by atoms with E-state index in [1.54, 1.807) is 0 Å². The maximum atomic E-state index is 13.3. The molecule has 0 aromatic heterocycles. The molecule has 0 spiro atoms. The summed E-state index contributed by atoms with van der Waals surface area (Å²) in [5.41, 5.74) is 1.10. The highest BCUT2D eigenvalue weighted by Gasteiger charge is 2.21. The van der Waals surface area contributed by atoms with Crippen molar-refractivity contribution in [2.75, 3.05) is 6.61 Å². The highest BCUT2D eigenvalue weighted by molar-refractivity contribution is 7.89. The van der Waals surface area contributed by atoms with Crippen molar-refractivity contribution in [2.45, 2.75) is 30.7 Å². The third-order valence-corrected chi connectivity index (χ3v) is 5.06. The van der Waals surface area contributed by atoms with Crippen LogP contribution in [0.25, 0.3) is 0 Å². The first-order valence-electron chi connectivity index (χ1n) is 7.38. The highest BCUT2D eigenvalue weighted by atomic mass is 32.2. The largest absolute Gasteiger partial charge is 0.396 e. The molecule has 23 heavy (non-hydrogen) atoms. The number of benzene rings is 2. The Labute approximate surface area is 136 Å². The summed E-state index contributed by atoms with van der Waals surface area (Å²) in [5, 5.41) is 9.03. The second kappa shape index (κ2) is 7.68. The molecule has 124 valence electrons. The van der Waals surface area contributed by atoms with Gasteiger partial charge in [0.1, 0.15) is 5.82 Å². The van der Waals surface area contributed by atoms with Gasteiger partial charge in [0.2, 0.25) is 10.0 Å². The molecule has 0 amide bonds. The number of hydrogen-bond acceptors (Lipinski definition) is 3. The van der Waals surface area contributed by atoms with Crippen LogP contribution >= 0.6 is 0 Å². The third-order valence-electron chi connectivity index (χ3n) is 3.59. The average Bonchev–Trinajstić information content (AvgIpc) is 2.54. The van der Waals surface area contributed by atoms with Crippen LogP contribution in [0.3, 0.4) is 0 Å². The summed E-state index contributed by atoms with van der Waals surface area (Å²) < 4.78 is 41.1. The van der Waals surface area contributed by atoms with Crippen LogP contribution in [-0.4, -0.2) is 20.1 Å². The zero-order chi connectivity index (χ0) is 16.9. The fraction of sp³-hybridized carbons (Fsp3) is 0.294. The van der Waals surface area contributed by atoms with Crippen LogP contribution in [0.5, 0.6) is 0 Å². The molecule has 0 fully saturated rings. The maximum absolute atomic E-state index is 13.3. The lowest BCUT2D eigenvalue weighted by atomic mass is 10.0. The van der Waals surface area contributed by atoms with Crippen LogP contribution in [0.4, 0.5) is 4.39 Å². The summed E-state index contributed by atoms with van der Waals surface area (Å²) in [6.45, 7) is 1.51. The van der Waals surface area contributed by atoms with Gasteiger partial charge in [0, 0.05) is 12.6 Å². The van der Waals surface area contributed by atoms with Gasteiger partial charge in [-0.25, -0.2) is 17.5 Å². The highest BCUT2D eigenvalue weighted by Crippen LogP contribution is 2.22. The molecule has 0 aliphatic carbocycles. The van der Waals surface area contributed by atoms with Crippen molar-refractivity contribution in [2.24, 2.45) is 0 Å². The third kappa shape index (κ3) is 4.60. The van der Waals surface area contributed by atoms with Crippen molar-refractivity contribution in [1.82, 2.24) is 4.72 Å². The van der Waals surface area contributed by atoms with Gasteiger partial charge in [-0.2, -0.15) is 0 Å². The summed E-state index contributed by atoms with van der Waals surface area (Å²) >= 11 is 0. The van der Waals surface area contributed by atoms with Crippen molar-refractivity contribution in [3.8, 4) is 0 Å². The van der Waals surface area contributed by atoms with Crippen molar-refractivity contribution in [1.29, 1.82) is 0 Å². The first-order chi connectivity index (χ1) is 10.9. The Morgan fingerprint density at radius 1 is 1.17 bits per heavy atom. The number of rotatable bonds is 7. The number of halogens is 1. The lowest BCUT2D eigenvalue weighted by molar-refractivity contribution is 0.278. The Hall–Kier alpha value is -1.76. The SMILES string of the molecule is Cc1cc(S(=O)(=O)NC(CCCO)c2ccccc2)ccc1F. The number of aliphatic hydroxyl groups excluding tert-OH is 1. The van der Waals surface area contributed by atoms with Gasteiger partial charge in [-0.15, -0.1) is 0 Å². The number of sulfonamides is 1. The van der Waals surface area contributed by atoms with Gasteiger partial charge in [0.25, 0.3) is 0 Å². The lowest BCUT2D eigenvalue weighted by Gasteiger charge is -2.19. The molecule has 0 aliphatic rings. The Bertz CT molecular complexity index is 748. The molecule has 2 aromatic rings. The van der Waals surface area contributed by atoms with Crippen LogP contribution in [-0.2, 0) is 10.0 Å². The van der Waals surface area contributed by atoms with Crippen LogP contribution in [0, 0.1) is 12.7 Å². The van der Waals surface area contributed by atoms with Crippen molar-refractivity contribution >= 4 is 10.0 Å². The van der Waals surface area contributed by atoms with Crippen molar-refractivity contribution in [3.63, 3.8) is 0 Å². The molecule has 0 saturated carbocycles. The van der Waals surface area contributed by atoms with Gasteiger partial charge >= 0.3 is 0 Å². The molecule has 0 saturated heterocycles. The molecule has 0 heterocycles. The van der Waals surface area contributed by atoms with Gasteiger partial charge in [-0.3, -0.25) is 0 Å². The molecule has 0 aliphatic heterocycles. The van der Waals surface area contributed by atoms with E-state index in [0.29, 0.717) is 12.8 Å². The molecule has 2 N–H and O–H groups in total. The molecule has 6 heteroatoms. The smallest absolute Gasteiger partial charge is 0.241 e. The standard InChI is InChI=1S/C17H20FNO3S/c1-13-12-15(9-10-16(13)18)23(21,22)19-17(8-5-11-20)14-6-3-2-4-7-14/h2-4,6-7,9-10,12,17,19-20H,5,8,11H2,1H3. The Morgan fingerprint density at radius 3 is 2.48 bits per heavy atom. The van der Waals surface area contributed by atoms with Gasteiger partial charge in [0.15, 0.2) is 0 Å². The molecule has 4 nitrogen and oxygen atoms in total. The zero-order valence-corrected chi connectivity index (χ0v) is 13.7. The molecule has 1 atom stereocenters. The predicted octanol–water partition coefficient (Wildman–Crippen LogP) is 2.93. The molecule has 0 bridgehead atoms. The summed E-state index contributed by atoms with van der Waals surface area (Å²) in [6, 6.07) is 12.4. The molecular formula is C17H20FNO3S. The summed E-state index contributed by atoms with van der Waals surface area (Å²) in [6.07, 6.45) is 0.949. The number of aryl methyl sites for hydroxylation is 1. The van der Waals surface area contributed by atoms with E-state index in [0.717, 1.165) is 11.6 Å². The second-order valence-electron chi connectivity index (χ2n) is 5.36. The summed E-state index contributed by atoms with van der Waals surface area (Å²) in [5.74, 6) is -0.441. The van der Waals surface area contributed by atoms with Crippen molar-refractivity contribution < 1.29 is 17.9 Å². The van der Waals surface area contributed by atoms with Gasteiger partial charge in [0.05, 0.1) is 4.90 Å². The topological polar surface area (TPSA) is 66.4 Å². The first-order valence-corrected chi connectivity index (χ1v) is 8.86. The van der Waals surface area contributed by atoms with E-state index in [4.69, 9.17) is 5.11 Å². The normalized spacial score (nSPS) is 13.0. The Morgan fingerprint density at radius 2 is 1.87 bits per heavy atom. The van der Waals surface area contributed by atoms with Crippen LogP contribution in [0.1, 0.15) is 30.0 Å². The molecule has 0 radical (unpaired) electrons. The maximum Gasteiger partial charge on any atom is 0.241 e. The molecular weight excluding hydrogens is 317 g/mol. The van der Waals surface area contributed by atoms with Gasteiger partial charge < -0.3 is 5.11 Å². The van der Waals surface area contributed by atoms with E-state index in [2.05, 4.69) is 4.72 Å². The molecule has 2 aromatic carbocycles. The lowest BCUT2D eigenvalue weighted by Crippen LogP contribution is -2.29. The minimum atomic E-state index is -3.78. The monoisotopic (exact) mass is 337 g/mol. The van der Waals surface area contributed by atoms with E-state index in [1.807, 2.05) is 30.3 Å². The first kappa shape index (κ1) is 17.6. The van der Waals surface area contributed by atoms with E-state index < -0.39 is 21.9 Å². The average molecular weight is 337 g/mol. The van der Waals surface area contributed by atoms with E-state index in [1.165, 1.54) is 19.1 Å². The van der Waals surface area contributed by atoms with E-state index in [9.17, 15) is 12.8 Å². The minimum Gasteiger partial charge on any atom is -0.396 e. The second-order valence-corrected chi connectivity index (χ2v) is 7.08. The van der Waals surface area contributed by atoms with Crippen LogP contribution in [0.2, 0.25) is 0 Å². The van der Waals surface area contributed by atoms with E-state index >= 15 is 0 Å². The number of aliphatic hydroxyl groups is 1. The Balaban J connectivity index is 2.28. The molecule has 2 rings (SSSR count). The summed E-state index contributed by atoms with van der Waals surface area (Å²) in [4.78, 5) is 0.0290. The quantitative estimate of drug-likeness (QED) is 0.816. The van der Waals surface area contributed by atoms with Crippen molar-refractivity contribution in [3.05, 3.63) is 65.5 Å². The van der Waals surface area contributed by atoms with E-state index in [-0.39, 0.29) is 17.1 Å². The Kier molecular flexibility index (Phi) is 5.87. The van der Waals surface area contributed by atoms with Gasteiger partial charge in [-0.05, 0) is 49.1 Å². The minimum absolute atomic E-state index is 0.0132. The number of nitrogens with one attached hydrogen (secondary N) is 1. The number of hydrogen-bond donors (Lipinski definition) is 2. The van der Waals surface area contributed by atoms with Crippen LogP contribution < -0.4 is 4.72 Å². The molecule has 1 unspecified atom stereocenters.